The van der Waals surface area contributed by atoms with E-state index in [0.29, 0.717) is 29.8 Å². The number of halogens is 1. The van der Waals surface area contributed by atoms with Gasteiger partial charge in [0.2, 0.25) is 10.0 Å². The zero-order valence-corrected chi connectivity index (χ0v) is 21.1. The summed E-state index contributed by atoms with van der Waals surface area (Å²) in [5.41, 5.74) is 1.76. The van der Waals surface area contributed by atoms with Gasteiger partial charge in [-0.3, -0.25) is 4.57 Å². The molecular weight excluding hydrogens is 466 g/mol. The fraction of sp³-hybridized carbons (Fsp3) is 0.409. The molecule has 0 N–H and O–H groups in total. The average Bonchev–Trinajstić information content (AvgIpc) is 3.23. The predicted molar refractivity (Wildman–Crippen MR) is 129 cm³/mol. The molecule has 1 atom stereocenters. The molecule has 2 aromatic heterocycles. The summed E-state index contributed by atoms with van der Waals surface area (Å²) < 4.78 is 29.5. The molecule has 0 radical (unpaired) electrons. The maximum atomic E-state index is 13.0. The van der Waals surface area contributed by atoms with Crippen LogP contribution in [0.3, 0.4) is 0 Å². The van der Waals surface area contributed by atoms with Crippen molar-refractivity contribution >= 4 is 33.4 Å². The van der Waals surface area contributed by atoms with Crippen molar-refractivity contribution < 1.29 is 8.42 Å². The van der Waals surface area contributed by atoms with Gasteiger partial charge >= 0.3 is 0 Å². The summed E-state index contributed by atoms with van der Waals surface area (Å²) in [4.78, 5) is 4.39. The lowest BCUT2D eigenvalue weighted by Crippen LogP contribution is -2.30. The molecule has 0 aliphatic rings. The van der Waals surface area contributed by atoms with Crippen LogP contribution >= 0.6 is 23.4 Å². The molecular formula is C22H28ClN5O2S2. The summed E-state index contributed by atoms with van der Waals surface area (Å²) in [6.07, 6.45) is 2.64. The van der Waals surface area contributed by atoms with Crippen LogP contribution in [0.25, 0.3) is 11.4 Å². The first kappa shape index (κ1) is 24.7. The van der Waals surface area contributed by atoms with Crippen LogP contribution < -0.4 is 0 Å². The van der Waals surface area contributed by atoms with E-state index in [1.165, 1.54) is 4.31 Å². The smallest absolute Gasteiger partial charge is 0.243 e. The minimum absolute atomic E-state index is 0.147. The van der Waals surface area contributed by atoms with Crippen molar-refractivity contribution in [3.05, 3.63) is 53.3 Å². The Balaban J connectivity index is 1.97. The van der Waals surface area contributed by atoms with Gasteiger partial charge < -0.3 is 0 Å². The molecule has 1 aromatic carbocycles. The van der Waals surface area contributed by atoms with E-state index in [1.54, 1.807) is 42.2 Å². The van der Waals surface area contributed by atoms with Crippen molar-refractivity contribution in [2.75, 3.05) is 13.1 Å². The molecule has 0 saturated heterocycles. The molecule has 0 fully saturated rings. The third kappa shape index (κ3) is 5.33. The Hall–Kier alpha value is -1.94. The molecule has 1 unspecified atom stereocenters. The standard InChI is InChI=1S/C22H28ClN5O2S2/c1-5-16(4)28-21(25-26-22(28)31-15-17-11-12-20(23)24-14-17)18-9-8-10-19(13-18)32(29,30)27(6-2)7-3/h8-14,16H,5-7,15H2,1-4H3. The van der Waals surface area contributed by atoms with Gasteiger partial charge in [0.1, 0.15) is 5.15 Å². The molecule has 3 rings (SSSR count). The van der Waals surface area contributed by atoms with Crippen molar-refractivity contribution in [3.8, 4) is 11.4 Å². The molecule has 0 aliphatic carbocycles. The molecule has 7 nitrogen and oxygen atoms in total. The molecule has 0 spiro atoms. The summed E-state index contributed by atoms with van der Waals surface area (Å²) in [6.45, 7) is 8.73. The van der Waals surface area contributed by atoms with Gasteiger partial charge in [0.15, 0.2) is 11.0 Å². The molecule has 10 heteroatoms. The van der Waals surface area contributed by atoms with Gasteiger partial charge in [-0.25, -0.2) is 13.4 Å². The summed E-state index contributed by atoms with van der Waals surface area (Å²) in [5.74, 6) is 1.34. The van der Waals surface area contributed by atoms with Crippen molar-refractivity contribution in [2.24, 2.45) is 0 Å². The zero-order valence-electron chi connectivity index (χ0n) is 18.7. The van der Waals surface area contributed by atoms with E-state index < -0.39 is 10.0 Å². The summed E-state index contributed by atoms with van der Waals surface area (Å²) in [7, 11) is -3.56. The fourth-order valence-corrected chi connectivity index (χ4v) is 5.89. The van der Waals surface area contributed by atoms with Crippen molar-refractivity contribution in [3.63, 3.8) is 0 Å². The predicted octanol–water partition coefficient (Wildman–Crippen LogP) is 5.29. The van der Waals surface area contributed by atoms with Crippen molar-refractivity contribution in [2.45, 2.75) is 56.0 Å². The first-order chi connectivity index (χ1) is 15.3. The first-order valence-corrected chi connectivity index (χ1v) is 13.4. The van der Waals surface area contributed by atoms with E-state index in [2.05, 4.69) is 33.6 Å². The highest BCUT2D eigenvalue weighted by molar-refractivity contribution is 7.98. The maximum absolute atomic E-state index is 13.0. The van der Waals surface area contributed by atoms with Crippen LogP contribution in [0.1, 0.15) is 45.7 Å². The lowest BCUT2D eigenvalue weighted by Gasteiger charge is -2.19. The Labute approximate surface area is 199 Å². The molecule has 0 bridgehead atoms. The third-order valence-electron chi connectivity index (χ3n) is 5.29. The Bertz CT molecular complexity index is 1150. The highest BCUT2D eigenvalue weighted by atomic mass is 35.5. The quantitative estimate of drug-likeness (QED) is 0.282. The molecule has 32 heavy (non-hydrogen) atoms. The second kappa shape index (κ2) is 10.8. The van der Waals surface area contributed by atoms with Crippen LogP contribution in [0.4, 0.5) is 0 Å². The Kier molecular flexibility index (Phi) is 8.32. The zero-order chi connectivity index (χ0) is 23.3. The Morgan fingerprint density at radius 3 is 2.50 bits per heavy atom. The van der Waals surface area contributed by atoms with Crippen LogP contribution in [-0.4, -0.2) is 45.6 Å². The van der Waals surface area contributed by atoms with E-state index >= 15 is 0 Å². The van der Waals surface area contributed by atoms with Gasteiger partial charge in [0, 0.05) is 36.6 Å². The minimum Gasteiger partial charge on any atom is -0.299 e. The second-order valence-electron chi connectivity index (χ2n) is 7.33. The highest BCUT2D eigenvalue weighted by Gasteiger charge is 2.24. The first-order valence-electron chi connectivity index (χ1n) is 10.6. The topological polar surface area (TPSA) is 81.0 Å². The van der Waals surface area contributed by atoms with Crippen LogP contribution in [0.15, 0.2) is 52.6 Å². The van der Waals surface area contributed by atoms with Gasteiger partial charge in [0.05, 0.1) is 4.90 Å². The SMILES string of the molecule is CCC(C)n1c(SCc2ccc(Cl)nc2)nnc1-c1cccc(S(=O)(=O)N(CC)CC)c1. The van der Waals surface area contributed by atoms with Crippen LogP contribution in [0.2, 0.25) is 5.15 Å². The van der Waals surface area contributed by atoms with Crippen molar-refractivity contribution in [1.29, 1.82) is 0 Å². The van der Waals surface area contributed by atoms with E-state index in [4.69, 9.17) is 11.6 Å². The highest BCUT2D eigenvalue weighted by Crippen LogP contribution is 2.32. The number of benzene rings is 1. The molecule has 172 valence electrons. The lowest BCUT2D eigenvalue weighted by atomic mass is 10.2. The number of nitrogens with zero attached hydrogens (tertiary/aromatic N) is 5. The summed E-state index contributed by atoms with van der Waals surface area (Å²) in [5, 5.41) is 10.1. The second-order valence-corrected chi connectivity index (χ2v) is 10.6. The molecule has 0 aliphatic heterocycles. The van der Waals surface area contributed by atoms with E-state index in [0.717, 1.165) is 22.7 Å². The molecule has 0 amide bonds. The fourth-order valence-electron chi connectivity index (χ4n) is 3.30. The molecule has 2 heterocycles. The van der Waals surface area contributed by atoms with Crippen LogP contribution in [-0.2, 0) is 15.8 Å². The van der Waals surface area contributed by atoms with Gasteiger partial charge in [-0.05, 0) is 37.1 Å². The van der Waals surface area contributed by atoms with E-state index in [9.17, 15) is 8.42 Å². The number of hydrogen-bond donors (Lipinski definition) is 0. The number of sulfonamides is 1. The summed E-state index contributed by atoms with van der Waals surface area (Å²) >= 11 is 7.45. The largest absolute Gasteiger partial charge is 0.299 e. The number of pyridine rings is 1. The number of thioether (sulfide) groups is 1. The van der Waals surface area contributed by atoms with Crippen LogP contribution in [0, 0.1) is 0 Å². The Morgan fingerprint density at radius 1 is 1.12 bits per heavy atom. The monoisotopic (exact) mass is 493 g/mol. The van der Waals surface area contributed by atoms with Gasteiger partial charge in [-0.2, -0.15) is 4.31 Å². The lowest BCUT2D eigenvalue weighted by molar-refractivity contribution is 0.445. The number of hydrogen-bond acceptors (Lipinski definition) is 6. The minimum atomic E-state index is -3.56. The van der Waals surface area contributed by atoms with E-state index in [-0.39, 0.29) is 10.9 Å². The Morgan fingerprint density at radius 2 is 1.88 bits per heavy atom. The van der Waals surface area contributed by atoms with Crippen molar-refractivity contribution in [1.82, 2.24) is 24.1 Å². The summed E-state index contributed by atoms with van der Waals surface area (Å²) in [6, 6.07) is 10.8. The molecule has 0 saturated carbocycles. The molecule has 3 aromatic rings. The van der Waals surface area contributed by atoms with Gasteiger partial charge in [-0.1, -0.05) is 62.3 Å². The normalized spacial score (nSPS) is 12.9. The van der Waals surface area contributed by atoms with Crippen LogP contribution in [0.5, 0.6) is 0 Å². The van der Waals surface area contributed by atoms with E-state index in [1.807, 2.05) is 26.0 Å². The number of rotatable bonds is 10. The van der Waals surface area contributed by atoms with Gasteiger partial charge in [0.25, 0.3) is 0 Å². The third-order valence-corrected chi connectivity index (χ3v) is 8.57. The van der Waals surface area contributed by atoms with Gasteiger partial charge in [-0.15, -0.1) is 10.2 Å². The number of aromatic nitrogens is 4. The maximum Gasteiger partial charge on any atom is 0.243 e. The average molecular weight is 494 g/mol.